The van der Waals surface area contributed by atoms with E-state index >= 15 is 0 Å². The van der Waals surface area contributed by atoms with Crippen LogP contribution in [0.15, 0.2) is 23.1 Å². The van der Waals surface area contributed by atoms with Crippen molar-refractivity contribution in [1.29, 1.82) is 0 Å². The van der Waals surface area contributed by atoms with Crippen molar-refractivity contribution in [1.82, 2.24) is 5.32 Å². The summed E-state index contributed by atoms with van der Waals surface area (Å²) in [4.78, 5) is 11.6. The fourth-order valence-electron chi connectivity index (χ4n) is 1.49. The number of rotatable bonds is 3. The number of anilines is 1. The highest BCUT2D eigenvalue weighted by Gasteiger charge is 2.25. The molecule has 0 atom stereocenters. The molecular weight excluding hydrogens is 278 g/mol. The Morgan fingerprint density at radius 2 is 2.11 bits per heavy atom. The average Bonchev–Trinajstić information content (AvgIpc) is 2.16. The number of hydrogen-bond donors (Lipinski definition) is 3. The van der Waals surface area contributed by atoms with E-state index in [1.807, 2.05) is 0 Å². The largest absolute Gasteiger partial charge is 0.324 e. The summed E-state index contributed by atoms with van der Waals surface area (Å²) < 4.78 is 22.4. The third-order valence-electron chi connectivity index (χ3n) is 2.68. The standard InChI is InChI=1S/C10H12ClN3O3S/c11-8-2-1-7(18(12,16)17)3-9(8)14-10(15)6-4-13-5-6/h1-3,6,13H,4-5H2,(H,14,15)(H2,12,16,17). The fraction of sp³-hybridized carbons (Fsp3) is 0.300. The Hall–Kier alpha value is -1.15. The Morgan fingerprint density at radius 3 is 2.61 bits per heavy atom. The Bertz CT molecular complexity index is 584. The summed E-state index contributed by atoms with van der Waals surface area (Å²) in [5, 5.41) is 10.8. The number of nitrogens with two attached hydrogens (primary N) is 1. The van der Waals surface area contributed by atoms with Gasteiger partial charge in [-0.2, -0.15) is 0 Å². The minimum absolute atomic E-state index is 0.0889. The van der Waals surface area contributed by atoms with Crippen molar-refractivity contribution in [3.8, 4) is 0 Å². The predicted molar refractivity (Wildman–Crippen MR) is 67.8 cm³/mol. The quantitative estimate of drug-likeness (QED) is 0.737. The highest BCUT2D eigenvalue weighted by Crippen LogP contribution is 2.25. The van der Waals surface area contributed by atoms with Gasteiger partial charge in [0.15, 0.2) is 0 Å². The lowest BCUT2D eigenvalue weighted by molar-refractivity contribution is -0.121. The normalized spacial score (nSPS) is 16.1. The van der Waals surface area contributed by atoms with Crippen LogP contribution >= 0.6 is 11.6 Å². The first-order valence-corrected chi connectivity index (χ1v) is 7.14. The second-order valence-corrected chi connectivity index (χ2v) is 6.00. The Balaban J connectivity index is 2.23. The molecule has 0 saturated carbocycles. The molecule has 1 heterocycles. The lowest BCUT2D eigenvalue weighted by Gasteiger charge is -2.26. The van der Waals surface area contributed by atoms with Crippen molar-refractivity contribution in [3.63, 3.8) is 0 Å². The molecule has 0 aromatic heterocycles. The summed E-state index contributed by atoms with van der Waals surface area (Å²) in [6.07, 6.45) is 0. The zero-order valence-electron chi connectivity index (χ0n) is 9.31. The van der Waals surface area contributed by atoms with E-state index < -0.39 is 10.0 Å². The third-order valence-corrected chi connectivity index (χ3v) is 3.92. The van der Waals surface area contributed by atoms with Gasteiger partial charge in [0.05, 0.1) is 21.5 Å². The van der Waals surface area contributed by atoms with Gasteiger partial charge in [-0.25, -0.2) is 13.6 Å². The van der Waals surface area contributed by atoms with Crippen molar-refractivity contribution >= 4 is 33.2 Å². The molecular formula is C10H12ClN3O3S. The van der Waals surface area contributed by atoms with Crippen molar-refractivity contribution in [2.45, 2.75) is 4.90 Å². The molecule has 0 aliphatic carbocycles. The Kier molecular flexibility index (Phi) is 3.58. The smallest absolute Gasteiger partial charge is 0.238 e. The maximum absolute atomic E-state index is 11.7. The van der Waals surface area contributed by atoms with Crippen LogP contribution in [0.2, 0.25) is 5.02 Å². The van der Waals surface area contributed by atoms with E-state index in [9.17, 15) is 13.2 Å². The first kappa shape index (κ1) is 13.3. The van der Waals surface area contributed by atoms with Crippen LogP contribution in [0.5, 0.6) is 0 Å². The molecule has 1 amide bonds. The summed E-state index contributed by atoms with van der Waals surface area (Å²) in [7, 11) is -3.81. The number of hydrogen-bond acceptors (Lipinski definition) is 4. The van der Waals surface area contributed by atoms with Crippen LogP contribution in [0.1, 0.15) is 0 Å². The lowest BCUT2D eigenvalue weighted by Crippen LogP contribution is -2.48. The molecule has 1 saturated heterocycles. The van der Waals surface area contributed by atoms with Gasteiger partial charge in [0, 0.05) is 13.1 Å². The van der Waals surface area contributed by atoms with Gasteiger partial charge >= 0.3 is 0 Å². The number of halogens is 1. The molecule has 18 heavy (non-hydrogen) atoms. The molecule has 8 heteroatoms. The third kappa shape index (κ3) is 2.81. The number of benzene rings is 1. The van der Waals surface area contributed by atoms with Gasteiger partial charge in [0.1, 0.15) is 0 Å². The van der Waals surface area contributed by atoms with Crippen LogP contribution < -0.4 is 15.8 Å². The highest BCUT2D eigenvalue weighted by atomic mass is 35.5. The van der Waals surface area contributed by atoms with Crippen molar-refractivity contribution in [2.24, 2.45) is 11.1 Å². The topological polar surface area (TPSA) is 101 Å². The second-order valence-electron chi connectivity index (χ2n) is 4.03. The molecule has 6 nitrogen and oxygen atoms in total. The maximum atomic E-state index is 11.7. The van der Waals surface area contributed by atoms with E-state index in [-0.39, 0.29) is 27.4 Å². The number of nitrogens with one attached hydrogen (secondary N) is 2. The van der Waals surface area contributed by atoms with Gasteiger partial charge in [-0.05, 0) is 18.2 Å². The van der Waals surface area contributed by atoms with Crippen molar-refractivity contribution in [2.75, 3.05) is 18.4 Å². The van der Waals surface area contributed by atoms with Crippen LogP contribution in [0.25, 0.3) is 0 Å². The minimum atomic E-state index is -3.81. The van der Waals surface area contributed by atoms with E-state index in [4.69, 9.17) is 16.7 Å². The molecule has 4 N–H and O–H groups in total. The molecule has 0 bridgehead atoms. The maximum Gasteiger partial charge on any atom is 0.238 e. The summed E-state index contributed by atoms with van der Waals surface area (Å²) >= 11 is 5.89. The van der Waals surface area contributed by atoms with E-state index in [0.29, 0.717) is 13.1 Å². The fourth-order valence-corrected chi connectivity index (χ4v) is 2.19. The van der Waals surface area contributed by atoms with Crippen LogP contribution in [-0.2, 0) is 14.8 Å². The van der Waals surface area contributed by atoms with Gasteiger partial charge < -0.3 is 10.6 Å². The lowest BCUT2D eigenvalue weighted by atomic mass is 10.0. The number of carbonyl (C=O) groups excluding carboxylic acids is 1. The number of primary sulfonamides is 1. The molecule has 2 rings (SSSR count). The molecule has 1 aromatic rings. The molecule has 0 radical (unpaired) electrons. The van der Waals surface area contributed by atoms with Crippen molar-refractivity contribution in [3.05, 3.63) is 23.2 Å². The van der Waals surface area contributed by atoms with Gasteiger partial charge in [0.25, 0.3) is 0 Å². The molecule has 1 aliphatic rings. The predicted octanol–water partition coefficient (Wildman–Crippen LogP) is 0.145. The van der Waals surface area contributed by atoms with Crippen LogP contribution in [0.3, 0.4) is 0 Å². The van der Waals surface area contributed by atoms with Crippen LogP contribution in [0.4, 0.5) is 5.69 Å². The van der Waals surface area contributed by atoms with Gasteiger partial charge in [-0.1, -0.05) is 11.6 Å². The molecule has 1 aliphatic heterocycles. The second kappa shape index (κ2) is 4.85. The summed E-state index contributed by atoms with van der Waals surface area (Å²) in [5.74, 6) is -0.304. The Labute approximate surface area is 110 Å². The van der Waals surface area contributed by atoms with Crippen LogP contribution in [0, 0.1) is 5.92 Å². The van der Waals surface area contributed by atoms with E-state index in [1.54, 1.807) is 0 Å². The van der Waals surface area contributed by atoms with Crippen molar-refractivity contribution < 1.29 is 13.2 Å². The zero-order chi connectivity index (χ0) is 13.3. The molecule has 1 fully saturated rings. The monoisotopic (exact) mass is 289 g/mol. The highest BCUT2D eigenvalue weighted by molar-refractivity contribution is 7.89. The van der Waals surface area contributed by atoms with Gasteiger partial charge in [-0.3, -0.25) is 4.79 Å². The van der Waals surface area contributed by atoms with Crippen LogP contribution in [-0.4, -0.2) is 27.4 Å². The summed E-state index contributed by atoms with van der Waals surface area (Å²) in [5.41, 5.74) is 0.250. The zero-order valence-corrected chi connectivity index (χ0v) is 10.9. The first-order valence-electron chi connectivity index (χ1n) is 5.22. The van der Waals surface area contributed by atoms with Gasteiger partial charge in [-0.15, -0.1) is 0 Å². The number of carbonyl (C=O) groups is 1. The van der Waals surface area contributed by atoms with E-state index in [0.717, 1.165) is 0 Å². The molecule has 1 aromatic carbocycles. The summed E-state index contributed by atoms with van der Waals surface area (Å²) in [6, 6.07) is 3.93. The van der Waals surface area contributed by atoms with E-state index in [1.165, 1.54) is 18.2 Å². The minimum Gasteiger partial charge on any atom is -0.324 e. The SMILES string of the molecule is NS(=O)(=O)c1ccc(Cl)c(NC(=O)C2CNC2)c1. The molecule has 98 valence electrons. The molecule has 0 unspecified atom stereocenters. The molecule has 0 spiro atoms. The first-order chi connectivity index (χ1) is 8.38. The number of amides is 1. The van der Waals surface area contributed by atoms with Gasteiger partial charge in [0.2, 0.25) is 15.9 Å². The average molecular weight is 290 g/mol. The van der Waals surface area contributed by atoms with E-state index in [2.05, 4.69) is 10.6 Å². The Morgan fingerprint density at radius 1 is 1.44 bits per heavy atom. The number of sulfonamides is 1. The summed E-state index contributed by atoms with van der Waals surface area (Å²) in [6.45, 7) is 1.22.